The van der Waals surface area contributed by atoms with Gasteiger partial charge in [-0.3, -0.25) is 4.79 Å². The van der Waals surface area contributed by atoms with E-state index in [4.69, 9.17) is 9.47 Å². The third-order valence-electron chi connectivity index (χ3n) is 6.21. The summed E-state index contributed by atoms with van der Waals surface area (Å²) in [5.74, 6) is -0.00296. The SMILES string of the molecule is CCOc1ccc(NC(=O)c2ccc3c4c(cccc24)CC3)cc1S(=O)(=O)N1CCOCC1. The number of rotatable bonds is 6. The average Bonchev–Trinajstić information content (AvgIpc) is 3.26. The molecular formula is C25H26N2O5S. The monoisotopic (exact) mass is 466 g/mol. The van der Waals surface area contributed by atoms with Crippen LogP contribution < -0.4 is 10.1 Å². The molecule has 1 saturated heterocycles. The zero-order valence-corrected chi connectivity index (χ0v) is 19.3. The number of hydrogen-bond donors (Lipinski definition) is 1. The first kappa shape index (κ1) is 21.9. The van der Waals surface area contributed by atoms with Crippen molar-refractivity contribution in [1.82, 2.24) is 4.31 Å². The van der Waals surface area contributed by atoms with Crippen molar-refractivity contribution in [2.75, 3.05) is 38.2 Å². The highest BCUT2D eigenvalue weighted by Crippen LogP contribution is 2.34. The quantitative estimate of drug-likeness (QED) is 0.600. The molecule has 5 rings (SSSR count). The summed E-state index contributed by atoms with van der Waals surface area (Å²) in [5, 5.41) is 4.98. The molecule has 172 valence electrons. The van der Waals surface area contributed by atoms with Crippen LogP contribution >= 0.6 is 0 Å². The zero-order chi connectivity index (χ0) is 23.0. The molecule has 0 atom stereocenters. The number of aryl methyl sites for hydroxylation is 2. The van der Waals surface area contributed by atoms with Crippen molar-refractivity contribution in [1.29, 1.82) is 0 Å². The third kappa shape index (κ3) is 3.99. The van der Waals surface area contributed by atoms with Gasteiger partial charge in [-0.2, -0.15) is 4.31 Å². The van der Waals surface area contributed by atoms with Crippen molar-refractivity contribution in [3.63, 3.8) is 0 Å². The molecule has 1 aliphatic heterocycles. The molecule has 3 aromatic rings. The van der Waals surface area contributed by atoms with Crippen LogP contribution in [-0.2, 0) is 27.6 Å². The van der Waals surface area contributed by atoms with Crippen molar-refractivity contribution in [2.45, 2.75) is 24.7 Å². The van der Waals surface area contributed by atoms with E-state index in [-0.39, 0.29) is 29.6 Å². The Hall–Kier alpha value is -2.94. The van der Waals surface area contributed by atoms with Crippen molar-refractivity contribution in [2.24, 2.45) is 0 Å². The first-order valence-electron chi connectivity index (χ1n) is 11.2. The molecule has 1 amide bonds. The van der Waals surface area contributed by atoms with Crippen LogP contribution in [0.3, 0.4) is 0 Å². The molecule has 1 heterocycles. The predicted molar refractivity (Wildman–Crippen MR) is 126 cm³/mol. The topological polar surface area (TPSA) is 84.9 Å². The third-order valence-corrected chi connectivity index (χ3v) is 8.13. The fraction of sp³-hybridized carbons (Fsp3) is 0.320. The lowest BCUT2D eigenvalue weighted by Gasteiger charge is -2.27. The van der Waals surface area contributed by atoms with Crippen molar-refractivity contribution in [3.8, 4) is 5.75 Å². The normalized spacial score (nSPS) is 16.2. The molecule has 1 N–H and O–H groups in total. The Kier molecular flexibility index (Phi) is 5.82. The minimum absolute atomic E-state index is 0.0458. The lowest BCUT2D eigenvalue weighted by molar-refractivity contribution is 0.0729. The number of carbonyl (C=O) groups is 1. The van der Waals surface area contributed by atoms with Crippen molar-refractivity contribution >= 4 is 32.4 Å². The molecule has 0 aromatic heterocycles. The van der Waals surface area contributed by atoms with Gasteiger partial charge in [0.25, 0.3) is 5.91 Å². The summed E-state index contributed by atoms with van der Waals surface area (Å²) in [6.45, 7) is 3.40. The standard InChI is InChI=1S/C25H26N2O5S/c1-2-32-22-11-9-19(16-23(22)33(29,30)27-12-14-31-15-13-27)26-25(28)21-10-8-18-7-6-17-4-3-5-20(21)24(17)18/h3-5,8-11,16H,2,6-7,12-15H2,1H3,(H,26,28). The Morgan fingerprint density at radius 2 is 1.82 bits per heavy atom. The maximum atomic E-state index is 13.3. The number of benzene rings is 3. The maximum absolute atomic E-state index is 13.3. The van der Waals surface area contributed by atoms with Gasteiger partial charge >= 0.3 is 0 Å². The van der Waals surface area contributed by atoms with E-state index in [0.29, 0.717) is 31.1 Å². The molecule has 33 heavy (non-hydrogen) atoms. The molecule has 1 aliphatic carbocycles. The highest BCUT2D eigenvalue weighted by Gasteiger charge is 2.30. The van der Waals surface area contributed by atoms with Crippen LogP contribution in [0.1, 0.15) is 28.4 Å². The van der Waals surface area contributed by atoms with E-state index >= 15 is 0 Å². The second-order valence-corrected chi connectivity index (χ2v) is 10.1. The Labute approximate surface area is 193 Å². The summed E-state index contributed by atoms with van der Waals surface area (Å²) in [4.78, 5) is 13.3. The summed E-state index contributed by atoms with van der Waals surface area (Å²) in [7, 11) is -3.80. The minimum atomic E-state index is -3.80. The van der Waals surface area contributed by atoms with Crippen LogP contribution in [0.25, 0.3) is 10.8 Å². The van der Waals surface area contributed by atoms with Crippen LogP contribution in [0.4, 0.5) is 5.69 Å². The fourth-order valence-corrected chi connectivity index (χ4v) is 6.20. The molecule has 2 aliphatic rings. The smallest absolute Gasteiger partial charge is 0.256 e. The first-order chi connectivity index (χ1) is 16.0. The van der Waals surface area contributed by atoms with Gasteiger partial charge in [-0.05, 0) is 65.9 Å². The van der Waals surface area contributed by atoms with Gasteiger partial charge in [-0.1, -0.05) is 24.3 Å². The lowest BCUT2D eigenvalue weighted by Crippen LogP contribution is -2.40. The molecule has 0 saturated carbocycles. The van der Waals surface area contributed by atoms with Gasteiger partial charge in [0.1, 0.15) is 10.6 Å². The van der Waals surface area contributed by atoms with E-state index in [1.165, 1.54) is 21.5 Å². The Morgan fingerprint density at radius 1 is 1.06 bits per heavy atom. The number of sulfonamides is 1. The molecule has 0 unspecified atom stereocenters. The van der Waals surface area contributed by atoms with E-state index in [2.05, 4.69) is 11.4 Å². The number of ether oxygens (including phenoxy) is 2. The molecule has 0 bridgehead atoms. The highest BCUT2D eigenvalue weighted by atomic mass is 32.2. The summed E-state index contributed by atoms with van der Waals surface area (Å²) < 4.78 is 38.9. The van der Waals surface area contributed by atoms with Gasteiger partial charge in [0.2, 0.25) is 10.0 Å². The highest BCUT2D eigenvalue weighted by molar-refractivity contribution is 7.89. The second-order valence-electron chi connectivity index (χ2n) is 8.18. The van der Waals surface area contributed by atoms with Crippen molar-refractivity contribution in [3.05, 3.63) is 65.2 Å². The Bertz CT molecular complexity index is 1320. The minimum Gasteiger partial charge on any atom is -0.492 e. The van der Waals surface area contributed by atoms with E-state index in [1.807, 2.05) is 24.3 Å². The van der Waals surface area contributed by atoms with E-state index in [9.17, 15) is 13.2 Å². The molecule has 3 aromatic carbocycles. The number of amides is 1. The summed E-state index contributed by atoms with van der Waals surface area (Å²) in [6, 6.07) is 14.7. The first-order valence-corrected chi connectivity index (χ1v) is 12.6. The van der Waals surface area contributed by atoms with E-state index < -0.39 is 10.0 Å². The van der Waals surface area contributed by atoms with E-state index in [0.717, 1.165) is 23.6 Å². The Balaban J connectivity index is 1.49. The summed E-state index contributed by atoms with van der Waals surface area (Å²) >= 11 is 0. The average molecular weight is 467 g/mol. The second kappa shape index (κ2) is 8.78. The molecule has 7 nitrogen and oxygen atoms in total. The number of nitrogens with zero attached hydrogens (tertiary/aromatic N) is 1. The number of morpholine rings is 1. The van der Waals surface area contributed by atoms with Gasteiger partial charge in [-0.25, -0.2) is 8.42 Å². The lowest BCUT2D eigenvalue weighted by atomic mass is 9.99. The van der Waals surface area contributed by atoms with Crippen LogP contribution in [0.2, 0.25) is 0 Å². The number of hydrogen-bond acceptors (Lipinski definition) is 5. The van der Waals surface area contributed by atoms with Gasteiger partial charge in [-0.15, -0.1) is 0 Å². The van der Waals surface area contributed by atoms with Gasteiger partial charge < -0.3 is 14.8 Å². The summed E-state index contributed by atoms with van der Waals surface area (Å²) in [5.41, 5.74) is 3.50. The van der Waals surface area contributed by atoms with Crippen LogP contribution in [0, 0.1) is 0 Å². The molecule has 0 radical (unpaired) electrons. The number of nitrogens with one attached hydrogen (secondary N) is 1. The van der Waals surface area contributed by atoms with Gasteiger partial charge in [0.05, 0.1) is 19.8 Å². The molecule has 8 heteroatoms. The zero-order valence-electron chi connectivity index (χ0n) is 18.5. The van der Waals surface area contributed by atoms with Crippen LogP contribution in [0.5, 0.6) is 5.75 Å². The number of carbonyl (C=O) groups excluding carboxylic acids is 1. The molecule has 1 fully saturated rings. The molecular weight excluding hydrogens is 440 g/mol. The summed E-state index contributed by atoms with van der Waals surface area (Å²) in [6.07, 6.45) is 1.97. The fourth-order valence-electron chi connectivity index (χ4n) is 4.63. The Morgan fingerprint density at radius 3 is 2.58 bits per heavy atom. The largest absolute Gasteiger partial charge is 0.492 e. The van der Waals surface area contributed by atoms with Gasteiger partial charge in [0.15, 0.2) is 0 Å². The van der Waals surface area contributed by atoms with Crippen LogP contribution in [-0.4, -0.2) is 51.5 Å². The maximum Gasteiger partial charge on any atom is 0.256 e. The molecule has 0 spiro atoms. The van der Waals surface area contributed by atoms with Gasteiger partial charge in [0, 0.05) is 24.3 Å². The predicted octanol–water partition coefficient (Wildman–Crippen LogP) is 3.61. The van der Waals surface area contributed by atoms with E-state index in [1.54, 1.807) is 19.1 Å². The number of anilines is 1. The van der Waals surface area contributed by atoms with Crippen molar-refractivity contribution < 1.29 is 22.7 Å². The van der Waals surface area contributed by atoms with Crippen LogP contribution in [0.15, 0.2) is 53.4 Å².